The first-order valence-electron chi connectivity index (χ1n) is 10.2. The third-order valence-electron chi connectivity index (χ3n) is 5.94. The topological polar surface area (TPSA) is 98.7 Å². The van der Waals surface area contributed by atoms with Crippen molar-refractivity contribution in [1.82, 2.24) is 14.9 Å². The highest BCUT2D eigenvalue weighted by Crippen LogP contribution is 2.47. The zero-order chi connectivity index (χ0) is 21.0. The number of rotatable bonds is 2. The minimum absolute atomic E-state index is 0.187. The number of carbonyl (C=O) groups is 2. The lowest BCUT2D eigenvalue weighted by molar-refractivity contribution is -0.131. The van der Waals surface area contributed by atoms with Gasteiger partial charge in [0.05, 0.1) is 0 Å². The van der Waals surface area contributed by atoms with E-state index in [9.17, 15) is 14.1 Å². The van der Waals surface area contributed by atoms with Gasteiger partial charge in [-0.2, -0.15) is 9.97 Å². The number of carbonyl (C=O) groups excluding carboxylic acids is 2. The Bertz CT molecular complexity index is 834. The maximum atomic E-state index is 13.6. The average Bonchev–Trinajstić information content (AvgIpc) is 3.31. The number of hydrogen-bond donors (Lipinski definition) is 0. The molecule has 3 aliphatic rings. The number of anilines is 1. The molecule has 1 spiro atoms. The molecule has 0 radical (unpaired) electrons. The SMILES string of the molecule is C[S+]([O-])c1ncc2c(n1)N(C1CCCC1)C1(CCN(C(=O)OC(C)(C)C)C1=O)C2. The van der Waals surface area contributed by atoms with Crippen LogP contribution in [0, 0.1) is 0 Å². The number of fused-ring (bicyclic) bond motifs is 1. The summed E-state index contributed by atoms with van der Waals surface area (Å²) in [5.74, 6) is 0.479. The molecule has 1 saturated carbocycles. The average molecular weight is 421 g/mol. The molecule has 1 aromatic heterocycles. The van der Waals surface area contributed by atoms with Crippen molar-refractivity contribution >= 4 is 29.0 Å². The van der Waals surface area contributed by atoms with E-state index in [-0.39, 0.29) is 17.1 Å². The van der Waals surface area contributed by atoms with Crippen LogP contribution in [-0.4, -0.2) is 61.4 Å². The predicted molar refractivity (Wildman–Crippen MR) is 108 cm³/mol. The van der Waals surface area contributed by atoms with E-state index in [2.05, 4.69) is 14.9 Å². The van der Waals surface area contributed by atoms with Crippen LogP contribution in [0.3, 0.4) is 0 Å². The standard InChI is InChI=1S/C20H28N4O4S/c1-19(2,3)28-18(26)23-10-9-20(16(23)25)11-13-12-21-17(29(4)27)22-15(13)24(20)14-7-5-6-8-14/h12,14H,5-11H2,1-4H3. The maximum absolute atomic E-state index is 13.6. The highest BCUT2D eigenvalue weighted by atomic mass is 32.2. The molecular formula is C20H28N4O4S. The molecule has 4 rings (SSSR count). The number of imide groups is 1. The Morgan fingerprint density at radius 1 is 1.34 bits per heavy atom. The second kappa shape index (κ2) is 7.12. The fourth-order valence-corrected chi connectivity index (χ4v) is 5.19. The highest BCUT2D eigenvalue weighted by Gasteiger charge is 2.59. The van der Waals surface area contributed by atoms with Crippen LogP contribution in [0.1, 0.15) is 58.4 Å². The molecule has 0 aromatic carbocycles. The van der Waals surface area contributed by atoms with Crippen molar-refractivity contribution in [3.63, 3.8) is 0 Å². The monoisotopic (exact) mass is 420 g/mol. The van der Waals surface area contributed by atoms with Crippen molar-refractivity contribution in [3.05, 3.63) is 11.8 Å². The van der Waals surface area contributed by atoms with Gasteiger partial charge in [0.15, 0.2) is 0 Å². The van der Waals surface area contributed by atoms with Gasteiger partial charge in [-0.15, -0.1) is 0 Å². The quantitative estimate of drug-likeness (QED) is 0.535. The minimum Gasteiger partial charge on any atom is -0.609 e. The normalized spacial score (nSPS) is 25.8. The number of ether oxygens (including phenoxy) is 1. The van der Waals surface area contributed by atoms with Gasteiger partial charge >= 0.3 is 11.2 Å². The fourth-order valence-electron chi connectivity index (χ4n) is 4.78. The summed E-state index contributed by atoms with van der Waals surface area (Å²) in [4.78, 5) is 38.4. The Kier molecular flexibility index (Phi) is 5.01. The Labute approximate surface area is 174 Å². The Hall–Kier alpha value is -1.87. The molecule has 0 bridgehead atoms. The lowest BCUT2D eigenvalue weighted by atomic mass is 9.91. The van der Waals surface area contributed by atoms with Gasteiger partial charge in [-0.05, 0) is 40.0 Å². The molecule has 8 nitrogen and oxygen atoms in total. The molecule has 2 fully saturated rings. The molecule has 3 heterocycles. The van der Waals surface area contributed by atoms with Gasteiger partial charge in [0.2, 0.25) is 0 Å². The van der Waals surface area contributed by atoms with Crippen LogP contribution in [0.2, 0.25) is 0 Å². The number of likely N-dealkylation sites (tertiary alicyclic amines) is 1. The molecule has 2 atom stereocenters. The molecule has 1 saturated heterocycles. The van der Waals surface area contributed by atoms with E-state index in [4.69, 9.17) is 4.74 Å². The summed E-state index contributed by atoms with van der Waals surface area (Å²) in [5, 5.41) is 0.276. The number of aromatic nitrogens is 2. The predicted octanol–water partition coefficient (Wildman–Crippen LogP) is 2.43. The van der Waals surface area contributed by atoms with E-state index in [0.29, 0.717) is 25.2 Å². The van der Waals surface area contributed by atoms with Crippen LogP contribution in [0.25, 0.3) is 0 Å². The first-order chi connectivity index (χ1) is 13.6. The molecule has 2 unspecified atom stereocenters. The number of hydrogen-bond acceptors (Lipinski definition) is 7. The summed E-state index contributed by atoms with van der Waals surface area (Å²) in [6.45, 7) is 5.70. The fraction of sp³-hybridized carbons (Fsp3) is 0.700. The van der Waals surface area contributed by atoms with Gasteiger partial charge in [0.1, 0.15) is 23.2 Å². The molecule has 2 aliphatic heterocycles. The third kappa shape index (κ3) is 3.48. The molecule has 158 valence electrons. The van der Waals surface area contributed by atoms with E-state index < -0.39 is 28.4 Å². The third-order valence-corrected chi connectivity index (χ3v) is 6.66. The summed E-state index contributed by atoms with van der Waals surface area (Å²) in [5.41, 5.74) is -0.621. The summed E-state index contributed by atoms with van der Waals surface area (Å²) < 4.78 is 17.4. The highest BCUT2D eigenvalue weighted by molar-refractivity contribution is 7.90. The Morgan fingerprint density at radius 3 is 2.66 bits per heavy atom. The summed E-state index contributed by atoms with van der Waals surface area (Å²) >= 11 is -1.30. The largest absolute Gasteiger partial charge is 0.609 e. The van der Waals surface area contributed by atoms with Gasteiger partial charge in [-0.1, -0.05) is 12.8 Å². The van der Waals surface area contributed by atoms with E-state index >= 15 is 0 Å². The van der Waals surface area contributed by atoms with Gasteiger partial charge in [-0.25, -0.2) is 9.69 Å². The molecule has 1 aliphatic carbocycles. The van der Waals surface area contributed by atoms with Crippen LogP contribution in [0.15, 0.2) is 11.4 Å². The van der Waals surface area contributed by atoms with Crippen LogP contribution >= 0.6 is 0 Å². The molecule has 0 N–H and O–H groups in total. The molecule has 2 amide bonds. The van der Waals surface area contributed by atoms with Gasteiger partial charge in [0.25, 0.3) is 5.91 Å². The summed E-state index contributed by atoms with van der Waals surface area (Å²) in [6, 6.07) is 0.187. The Balaban J connectivity index is 1.70. The van der Waals surface area contributed by atoms with Gasteiger partial charge in [-0.3, -0.25) is 4.79 Å². The van der Waals surface area contributed by atoms with Crippen LogP contribution < -0.4 is 4.90 Å². The first-order valence-corrected chi connectivity index (χ1v) is 11.7. The van der Waals surface area contributed by atoms with E-state index in [1.807, 2.05) is 0 Å². The Morgan fingerprint density at radius 2 is 2.03 bits per heavy atom. The summed E-state index contributed by atoms with van der Waals surface area (Å²) in [7, 11) is 0. The van der Waals surface area contributed by atoms with Crippen molar-refractivity contribution in [3.8, 4) is 0 Å². The van der Waals surface area contributed by atoms with Gasteiger partial charge < -0.3 is 14.2 Å². The van der Waals surface area contributed by atoms with Crippen molar-refractivity contribution in [2.75, 3.05) is 17.7 Å². The minimum atomic E-state index is -1.30. The van der Waals surface area contributed by atoms with Gasteiger partial charge in [0, 0.05) is 41.9 Å². The second-order valence-electron chi connectivity index (χ2n) is 9.16. The second-order valence-corrected chi connectivity index (χ2v) is 10.4. The lowest BCUT2D eigenvalue weighted by Crippen LogP contribution is -2.57. The number of nitrogens with zero attached hydrogens (tertiary/aromatic N) is 4. The van der Waals surface area contributed by atoms with Crippen molar-refractivity contribution in [2.24, 2.45) is 0 Å². The lowest BCUT2D eigenvalue weighted by Gasteiger charge is -2.39. The zero-order valence-corrected chi connectivity index (χ0v) is 18.3. The zero-order valence-electron chi connectivity index (χ0n) is 17.4. The smallest absolute Gasteiger partial charge is 0.417 e. The molecular weight excluding hydrogens is 392 g/mol. The van der Waals surface area contributed by atoms with Crippen LogP contribution in [-0.2, 0) is 27.1 Å². The molecule has 1 aromatic rings. The summed E-state index contributed by atoms with van der Waals surface area (Å²) in [6.07, 6.45) is 7.82. The molecule has 29 heavy (non-hydrogen) atoms. The van der Waals surface area contributed by atoms with E-state index in [1.165, 1.54) is 4.90 Å². The van der Waals surface area contributed by atoms with Crippen molar-refractivity contribution in [1.29, 1.82) is 0 Å². The van der Waals surface area contributed by atoms with Crippen LogP contribution in [0.5, 0.6) is 0 Å². The van der Waals surface area contributed by atoms with E-state index in [1.54, 1.807) is 33.2 Å². The number of amides is 2. The van der Waals surface area contributed by atoms with Crippen molar-refractivity contribution < 1.29 is 18.9 Å². The van der Waals surface area contributed by atoms with Crippen LogP contribution in [0.4, 0.5) is 10.6 Å². The van der Waals surface area contributed by atoms with Crippen molar-refractivity contribution in [2.45, 2.75) is 81.6 Å². The molecule has 9 heteroatoms. The maximum Gasteiger partial charge on any atom is 0.417 e. The van der Waals surface area contributed by atoms with E-state index in [0.717, 1.165) is 31.2 Å². The first kappa shape index (κ1) is 20.4.